The van der Waals surface area contributed by atoms with Gasteiger partial charge in [-0.05, 0) is 106 Å². The Morgan fingerprint density at radius 1 is 1.13 bits per heavy atom. The third-order valence-electron chi connectivity index (χ3n) is 10.4. The van der Waals surface area contributed by atoms with E-state index < -0.39 is 41.4 Å². The quantitative estimate of drug-likeness (QED) is 0.243. The Morgan fingerprint density at radius 3 is 2.40 bits per heavy atom. The molecule has 10 heteroatoms. The summed E-state index contributed by atoms with van der Waals surface area (Å²) in [6.07, 6.45) is 9.74. The zero-order valence-electron chi connectivity index (χ0n) is 29.4. The lowest BCUT2D eigenvalue weighted by atomic mass is 9.73. The van der Waals surface area contributed by atoms with Crippen LogP contribution in [0.5, 0.6) is 0 Å². The minimum absolute atomic E-state index is 0.00432. The van der Waals surface area contributed by atoms with E-state index in [0.29, 0.717) is 19.4 Å². The molecule has 0 unspecified atom stereocenters. The Bertz CT molecular complexity index is 1010. The highest BCUT2D eigenvalue weighted by Gasteiger charge is 2.52. The lowest BCUT2D eigenvalue weighted by molar-refractivity contribution is -0.291. The number of hydrogen-bond acceptors (Lipinski definition) is 10. The van der Waals surface area contributed by atoms with Crippen molar-refractivity contribution in [3.8, 4) is 12.3 Å². The number of likely N-dealkylation sites (tertiary alicyclic amines) is 1. The maximum atomic E-state index is 14.2. The lowest BCUT2D eigenvalue weighted by Gasteiger charge is -2.46. The molecule has 0 aromatic carbocycles. The molecule has 0 spiro atoms. The largest absolute Gasteiger partial charge is 0.463 e. The number of aliphatic hydroxyl groups excluding tert-OH is 1. The van der Waals surface area contributed by atoms with Crippen LogP contribution in [0.4, 0.5) is 0 Å². The molecule has 258 valence electrons. The summed E-state index contributed by atoms with van der Waals surface area (Å²) in [5.41, 5.74) is -2.79. The van der Waals surface area contributed by atoms with E-state index in [1.54, 1.807) is 20.8 Å². The fraction of sp³-hybridized carbons (Fsp3) is 0.886. The minimum Gasteiger partial charge on any atom is -0.463 e. The van der Waals surface area contributed by atoms with Gasteiger partial charge in [-0.15, -0.1) is 6.42 Å². The molecule has 1 N–H and O–H groups in total. The minimum atomic E-state index is -1.46. The number of ether oxygens (including phenoxy) is 4. The van der Waals surface area contributed by atoms with Crippen LogP contribution in [-0.4, -0.2) is 135 Å². The van der Waals surface area contributed by atoms with Gasteiger partial charge in [-0.3, -0.25) is 14.5 Å². The normalized spacial score (nSPS) is 38.1. The Morgan fingerprint density at radius 2 is 1.80 bits per heavy atom. The molecule has 0 amide bonds. The number of Topliss-reactive ketones (excluding diaryl/α,β-unsaturated/α-hetero) is 1. The summed E-state index contributed by atoms with van der Waals surface area (Å²) in [6, 6.07) is -0.219. The summed E-state index contributed by atoms with van der Waals surface area (Å²) < 4.78 is 24.7. The predicted octanol–water partition coefficient (Wildman–Crippen LogP) is 3.20. The highest BCUT2D eigenvalue weighted by atomic mass is 16.7. The zero-order valence-corrected chi connectivity index (χ0v) is 29.4. The Kier molecular flexibility index (Phi) is 13.9. The second-order valence-corrected chi connectivity index (χ2v) is 14.7. The topological polar surface area (TPSA) is 101 Å². The highest BCUT2D eigenvalue weighted by molar-refractivity contribution is 6.04. The van der Waals surface area contributed by atoms with Gasteiger partial charge < -0.3 is 33.9 Å². The number of nitrogens with zero attached hydrogens (tertiary/aromatic N) is 3. The first-order valence-electron chi connectivity index (χ1n) is 17.0. The molecule has 9 atom stereocenters. The lowest BCUT2D eigenvalue weighted by Crippen LogP contribution is -2.60. The van der Waals surface area contributed by atoms with Crippen molar-refractivity contribution in [2.45, 2.75) is 122 Å². The summed E-state index contributed by atoms with van der Waals surface area (Å²) in [6.45, 7) is 13.2. The molecule has 3 saturated heterocycles. The van der Waals surface area contributed by atoms with Crippen molar-refractivity contribution in [2.24, 2.45) is 17.3 Å². The first-order valence-corrected chi connectivity index (χ1v) is 17.0. The van der Waals surface area contributed by atoms with Gasteiger partial charge in [0.15, 0.2) is 17.7 Å². The van der Waals surface area contributed by atoms with Crippen LogP contribution in [0.2, 0.25) is 0 Å². The number of aliphatic hydroxyl groups is 1. The second-order valence-electron chi connectivity index (χ2n) is 14.7. The van der Waals surface area contributed by atoms with Gasteiger partial charge in [0.05, 0.1) is 6.10 Å². The Hall–Kier alpha value is -1.58. The number of likely N-dealkylation sites (N-methyl/N-ethyl adjacent to an activating group) is 2. The summed E-state index contributed by atoms with van der Waals surface area (Å²) in [5.74, 6) is 1.10. The van der Waals surface area contributed by atoms with E-state index in [1.165, 1.54) is 26.4 Å². The van der Waals surface area contributed by atoms with Gasteiger partial charge in [0, 0.05) is 31.7 Å². The van der Waals surface area contributed by atoms with Crippen LogP contribution in [0.25, 0.3) is 0 Å². The maximum Gasteiger partial charge on any atom is 0.319 e. The summed E-state index contributed by atoms with van der Waals surface area (Å²) in [4.78, 5) is 34.5. The van der Waals surface area contributed by atoms with Crippen molar-refractivity contribution in [2.75, 3.05) is 61.0 Å². The molecule has 0 saturated carbocycles. The molecule has 3 heterocycles. The molecular weight excluding hydrogens is 574 g/mol. The number of methoxy groups -OCH3 is 1. The number of hydrogen-bond donors (Lipinski definition) is 1. The standard InChI is InChI=1S/C35H61N3O7/c1-11-35(42-10)21-24(2)22-37(9)27(16-15-19-38-17-13-12-14-18-38)23-43-33(41)34(5,6)30(40)26(4)31(35)45-32-29(39)28(36(7)8)20-25(3)44-32/h1,24-29,31-32,39H,12-23H2,2-10H3/t24-,25-,26+,27+,28+,29-,31-,32+,35-/m1/s1. The van der Waals surface area contributed by atoms with Gasteiger partial charge in [-0.1, -0.05) is 26.2 Å². The van der Waals surface area contributed by atoms with E-state index in [0.717, 1.165) is 32.5 Å². The Balaban J connectivity index is 1.93. The molecule has 0 aromatic rings. The molecule has 3 aliphatic rings. The summed E-state index contributed by atoms with van der Waals surface area (Å²) >= 11 is 0. The summed E-state index contributed by atoms with van der Waals surface area (Å²) in [5, 5.41) is 11.3. The van der Waals surface area contributed by atoms with E-state index in [-0.39, 0.29) is 36.5 Å². The molecule has 10 nitrogen and oxygen atoms in total. The van der Waals surface area contributed by atoms with Crippen LogP contribution >= 0.6 is 0 Å². The number of carbonyl (C=O) groups excluding carboxylic acids is 2. The van der Waals surface area contributed by atoms with E-state index in [4.69, 9.17) is 25.4 Å². The molecule has 3 rings (SSSR count). The van der Waals surface area contributed by atoms with E-state index in [9.17, 15) is 14.7 Å². The van der Waals surface area contributed by atoms with Crippen LogP contribution in [-0.2, 0) is 28.5 Å². The van der Waals surface area contributed by atoms with Gasteiger partial charge in [0.25, 0.3) is 0 Å². The highest BCUT2D eigenvalue weighted by Crippen LogP contribution is 2.38. The first-order chi connectivity index (χ1) is 21.2. The second kappa shape index (κ2) is 16.5. The number of rotatable bonds is 8. The van der Waals surface area contributed by atoms with Crippen molar-refractivity contribution in [1.82, 2.24) is 14.7 Å². The van der Waals surface area contributed by atoms with Crippen molar-refractivity contribution in [3.63, 3.8) is 0 Å². The maximum absolute atomic E-state index is 14.2. The molecule has 0 aromatic heterocycles. The first kappa shape index (κ1) is 37.9. The van der Waals surface area contributed by atoms with E-state index in [1.807, 2.05) is 25.9 Å². The number of terminal acetylenes is 1. The molecular formula is C35H61N3O7. The van der Waals surface area contributed by atoms with Crippen molar-refractivity contribution >= 4 is 11.8 Å². The number of piperidine rings is 1. The van der Waals surface area contributed by atoms with Gasteiger partial charge in [-0.25, -0.2) is 0 Å². The number of ketones is 1. The van der Waals surface area contributed by atoms with Gasteiger partial charge in [0.2, 0.25) is 0 Å². The van der Waals surface area contributed by atoms with Crippen LogP contribution in [0.15, 0.2) is 0 Å². The van der Waals surface area contributed by atoms with Crippen LogP contribution in [0.1, 0.15) is 79.6 Å². The number of cyclic esters (lactones) is 1. The zero-order chi connectivity index (χ0) is 33.5. The molecule has 0 bridgehead atoms. The molecule has 45 heavy (non-hydrogen) atoms. The SMILES string of the molecule is C#C[C@@]1(OC)C[C@@H](C)CN(C)[C@@H](CCCN2CCCCC2)COC(=O)C(C)(C)C(=O)[C@H](C)[C@H]1O[C@@H]1O[C@H](C)C[C@H](N(C)C)[C@H]1O. The van der Waals surface area contributed by atoms with E-state index >= 15 is 0 Å². The average Bonchev–Trinajstić information content (AvgIpc) is 3.00. The summed E-state index contributed by atoms with van der Waals surface area (Å²) in [7, 11) is 7.40. The van der Waals surface area contributed by atoms with Gasteiger partial charge >= 0.3 is 5.97 Å². The van der Waals surface area contributed by atoms with Gasteiger partial charge in [-0.2, -0.15) is 0 Å². The molecule has 3 aliphatic heterocycles. The fourth-order valence-electron chi connectivity index (χ4n) is 7.49. The number of carbonyl (C=O) groups is 2. The van der Waals surface area contributed by atoms with E-state index in [2.05, 4.69) is 29.7 Å². The van der Waals surface area contributed by atoms with Crippen LogP contribution in [0, 0.1) is 29.6 Å². The van der Waals surface area contributed by atoms with Crippen molar-refractivity contribution in [3.05, 3.63) is 0 Å². The van der Waals surface area contributed by atoms with Crippen molar-refractivity contribution < 1.29 is 33.6 Å². The fourth-order valence-corrected chi connectivity index (χ4v) is 7.49. The number of esters is 1. The molecule has 0 radical (unpaired) electrons. The van der Waals surface area contributed by atoms with Gasteiger partial charge in [0.1, 0.15) is 24.2 Å². The molecule has 3 fully saturated rings. The third-order valence-corrected chi connectivity index (χ3v) is 10.4. The Labute approximate surface area is 272 Å². The predicted molar refractivity (Wildman–Crippen MR) is 175 cm³/mol. The van der Waals surface area contributed by atoms with Crippen LogP contribution in [0.3, 0.4) is 0 Å². The average molecular weight is 636 g/mol. The third kappa shape index (κ3) is 9.28. The molecule has 0 aliphatic carbocycles. The monoisotopic (exact) mass is 635 g/mol. The van der Waals surface area contributed by atoms with Crippen LogP contribution < -0.4 is 0 Å². The smallest absolute Gasteiger partial charge is 0.319 e. The van der Waals surface area contributed by atoms with Crippen molar-refractivity contribution in [1.29, 1.82) is 0 Å².